The molecule has 6 heteroatoms. The minimum Gasteiger partial charge on any atom is -0.326 e. The maximum absolute atomic E-state index is 12.1. The lowest BCUT2D eigenvalue weighted by Gasteiger charge is -2.09. The molecule has 3 N–H and O–H groups in total. The number of hydrogen-bond acceptors (Lipinski definition) is 3. The first-order valence-electron chi connectivity index (χ1n) is 12.1. The van der Waals surface area contributed by atoms with Crippen LogP contribution in [-0.2, 0) is 9.59 Å². The lowest BCUT2D eigenvalue weighted by molar-refractivity contribution is -0.122. The van der Waals surface area contributed by atoms with Gasteiger partial charge in [-0.1, -0.05) is 71.1 Å². The van der Waals surface area contributed by atoms with Crippen LogP contribution in [0.3, 0.4) is 0 Å². The second kappa shape index (κ2) is 14.6. The van der Waals surface area contributed by atoms with Gasteiger partial charge in [-0.2, -0.15) is 0 Å². The summed E-state index contributed by atoms with van der Waals surface area (Å²) < 4.78 is 0. The lowest BCUT2D eigenvalue weighted by Crippen LogP contribution is -2.41. The number of rotatable bonds is 15. The fourth-order valence-electron chi connectivity index (χ4n) is 3.51. The minimum absolute atomic E-state index is 0.0341. The molecule has 0 unspecified atom stereocenters. The molecular formula is C25H39N3O3. The summed E-state index contributed by atoms with van der Waals surface area (Å²) in [6.45, 7) is 2.24. The molecule has 1 aliphatic rings. The van der Waals surface area contributed by atoms with Crippen LogP contribution in [0.15, 0.2) is 24.3 Å². The molecule has 0 bridgehead atoms. The van der Waals surface area contributed by atoms with E-state index in [4.69, 9.17) is 0 Å². The highest BCUT2D eigenvalue weighted by Crippen LogP contribution is 2.30. The van der Waals surface area contributed by atoms with Gasteiger partial charge in [-0.05, 0) is 43.5 Å². The van der Waals surface area contributed by atoms with Gasteiger partial charge < -0.3 is 5.32 Å². The largest absolute Gasteiger partial charge is 0.326 e. The summed E-state index contributed by atoms with van der Waals surface area (Å²) >= 11 is 0. The van der Waals surface area contributed by atoms with Gasteiger partial charge in [0.15, 0.2) is 0 Å². The zero-order valence-electron chi connectivity index (χ0n) is 19.0. The van der Waals surface area contributed by atoms with E-state index in [2.05, 4.69) is 23.1 Å². The molecule has 0 atom stereocenters. The van der Waals surface area contributed by atoms with Gasteiger partial charge in [0.1, 0.15) is 0 Å². The van der Waals surface area contributed by atoms with Crippen molar-refractivity contribution in [3.05, 3.63) is 29.8 Å². The van der Waals surface area contributed by atoms with Crippen LogP contribution in [0, 0.1) is 5.92 Å². The van der Waals surface area contributed by atoms with Crippen molar-refractivity contribution >= 4 is 23.4 Å². The molecule has 6 nitrogen and oxygen atoms in total. The normalized spacial score (nSPS) is 12.9. The van der Waals surface area contributed by atoms with Gasteiger partial charge >= 0.3 is 0 Å². The molecule has 2 rings (SSSR count). The van der Waals surface area contributed by atoms with Crippen molar-refractivity contribution in [3.63, 3.8) is 0 Å². The topological polar surface area (TPSA) is 87.3 Å². The average molecular weight is 430 g/mol. The number of unbranched alkanes of at least 4 members (excludes halogenated alkanes) is 10. The van der Waals surface area contributed by atoms with Gasteiger partial charge in [-0.25, -0.2) is 0 Å². The molecule has 1 fully saturated rings. The molecule has 0 heterocycles. The summed E-state index contributed by atoms with van der Waals surface area (Å²) in [7, 11) is 0. The Hall–Kier alpha value is -2.37. The fraction of sp³-hybridized carbons (Fsp3) is 0.640. The van der Waals surface area contributed by atoms with Crippen LogP contribution < -0.4 is 16.2 Å². The van der Waals surface area contributed by atoms with Crippen LogP contribution in [0.2, 0.25) is 0 Å². The maximum Gasteiger partial charge on any atom is 0.269 e. The third-order valence-electron chi connectivity index (χ3n) is 5.69. The summed E-state index contributed by atoms with van der Waals surface area (Å²) in [4.78, 5) is 35.8. The average Bonchev–Trinajstić information content (AvgIpc) is 3.62. The first-order valence-corrected chi connectivity index (χ1v) is 12.1. The second-order valence-electron chi connectivity index (χ2n) is 8.63. The van der Waals surface area contributed by atoms with Crippen molar-refractivity contribution in [1.29, 1.82) is 0 Å². The second-order valence-corrected chi connectivity index (χ2v) is 8.63. The Morgan fingerprint density at radius 3 is 1.87 bits per heavy atom. The fourth-order valence-corrected chi connectivity index (χ4v) is 3.51. The first-order chi connectivity index (χ1) is 15.1. The highest BCUT2D eigenvalue weighted by atomic mass is 16.2. The Morgan fingerprint density at radius 2 is 1.32 bits per heavy atom. The molecule has 1 aromatic rings. The Labute approximate surface area is 186 Å². The van der Waals surface area contributed by atoms with Crippen LogP contribution in [0.5, 0.6) is 0 Å². The van der Waals surface area contributed by atoms with E-state index in [0.717, 1.165) is 32.1 Å². The van der Waals surface area contributed by atoms with E-state index in [1.807, 2.05) is 0 Å². The molecule has 0 radical (unpaired) electrons. The summed E-state index contributed by atoms with van der Waals surface area (Å²) in [5, 5.41) is 2.83. The van der Waals surface area contributed by atoms with Crippen LogP contribution in [-0.4, -0.2) is 17.7 Å². The smallest absolute Gasteiger partial charge is 0.269 e. The SMILES string of the molecule is CCCCCCCCCCCCCC(=O)NNC(=O)c1ccc(NC(=O)C2CC2)cc1. The number of amides is 3. The number of hydrogen-bond donors (Lipinski definition) is 3. The number of anilines is 1. The Kier molecular flexibility index (Phi) is 11.7. The van der Waals surface area contributed by atoms with Gasteiger partial charge in [0.25, 0.3) is 5.91 Å². The van der Waals surface area contributed by atoms with Crippen molar-refractivity contribution < 1.29 is 14.4 Å². The standard InChI is InChI=1S/C25H39N3O3/c1-2-3-4-5-6-7-8-9-10-11-12-13-23(29)27-28-25(31)21-16-18-22(19-17-21)26-24(30)20-14-15-20/h16-20H,2-15H2,1H3,(H,26,30)(H,27,29)(H,28,31). The van der Waals surface area contributed by atoms with E-state index < -0.39 is 0 Å². The number of carbonyl (C=O) groups excluding carboxylic acids is 3. The van der Waals surface area contributed by atoms with Gasteiger partial charge in [-0.15, -0.1) is 0 Å². The van der Waals surface area contributed by atoms with Crippen molar-refractivity contribution in [2.75, 3.05) is 5.32 Å². The zero-order valence-corrected chi connectivity index (χ0v) is 19.0. The van der Waals surface area contributed by atoms with Crippen LogP contribution in [0.1, 0.15) is 107 Å². The Bertz CT molecular complexity index is 684. The highest BCUT2D eigenvalue weighted by molar-refractivity contribution is 5.97. The molecule has 1 aromatic carbocycles. The number of carbonyl (C=O) groups is 3. The van der Waals surface area contributed by atoms with Crippen molar-refractivity contribution in [2.45, 2.75) is 96.8 Å². The van der Waals surface area contributed by atoms with E-state index >= 15 is 0 Å². The number of benzene rings is 1. The van der Waals surface area contributed by atoms with E-state index in [1.165, 1.54) is 51.4 Å². The summed E-state index contributed by atoms with van der Waals surface area (Å²) in [6, 6.07) is 6.66. The lowest BCUT2D eigenvalue weighted by atomic mass is 10.1. The molecule has 1 aliphatic carbocycles. The van der Waals surface area contributed by atoms with Gasteiger partial charge in [0.2, 0.25) is 11.8 Å². The van der Waals surface area contributed by atoms with Crippen molar-refractivity contribution in [3.8, 4) is 0 Å². The molecule has 0 saturated heterocycles. The van der Waals surface area contributed by atoms with Gasteiger partial charge in [-0.3, -0.25) is 25.2 Å². The Morgan fingerprint density at radius 1 is 0.774 bits per heavy atom. The third kappa shape index (κ3) is 11.0. The zero-order chi connectivity index (χ0) is 22.3. The first kappa shape index (κ1) is 24.9. The number of nitrogens with one attached hydrogen (secondary N) is 3. The molecule has 172 valence electrons. The summed E-state index contributed by atoms with van der Waals surface area (Å²) in [6.07, 6.45) is 16.0. The van der Waals surface area contributed by atoms with Gasteiger partial charge in [0, 0.05) is 23.6 Å². The predicted molar refractivity (Wildman–Crippen MR) is 124 cm³/mol. The predicted octanol–water partition coefficient (Wildman–Crippen LogP) is 5.50. The molecule has 0 aromatic heterocycles. The third-order valence-corrected chi connectivity index (χ3v) is 5.69. The van der Waals surface area contributed by atoms with E-state index in [9.17, 15) is 14.4 Å². The monoisotopic (exact) mass is 429 g/mol. The Balaban J connectivity index is 1.48. The van der Waals surface area contributed by atoms with E-state index in [0.29, 0.717) is 17.7 Å². The van der Waals surface area contributed by atoms with Crippen molar-refractivity contribution in [2.24, 2.45) is 5.92 Å². The summed E-state index contributed by atoms with van der Waals surface area (Å²) in [5.74, 6) is -0.365. The van der Waals surface area contributed by atoms with Crippen LogP contribution >= 0.6 is 0 Å². The quantitative estimate of drug-likeness (QED) is 0.254. The van der Waals surface area contributed by atoms with E-state index in [-0.39, 0.29) is 23.6 Å². The van der Waals surface area contributed by atoms with Crippen LogP contribution in [0.25, 0.3) is 0 Å². The van der Waals surface area contributed by atoms with Crippen LogP contribution in [0.4, 0.5) is 5.69 Å². The van der Waals surface area contributed by atoms with Crippen molar-refractivity contribution in [1.82, 2.24) is 10.9 Å². The molecule has 0 spiro atoms. The molecule has 3 amide bonds. The molecule has 0 aliphatic heterocycles. The maximum atomic E-state index is 12.1. The number of hydrazine groups is 1. The molecular weight excluding hydrogens is 390 g/mol. The van der Waals surface area contributed by atoms with E-state index in [1.54, 1.807) is 24.3 Å². The highest BCUT2D eigenvalue weighted by Gasteiger charge is 2.29. The summed E-state index contributed by atoms with van der Waals surface area (Å²) in [5.41, 5.74) is 6.03. The molecule has 1 saturated carbocycles. The molecule has 31 heavy (non-hydrogen) atoms. The minimum atomic E-state index is -0.368. The van der Waals surface area contributed by atoms with Gasteiger partial charge in [0.05, 0.1) is 0 Å².